The van der Waals surface area contributed by atoms with E-state index in [0.29, 0.717) is 6.61 Å². The fraction of sp³-hybridized carbons (Fsp3) is 0.400. The number of carbonyl (C=O) groups is 1. The number of carbonyl (C=O) groups excluding carboxylic acids is 1. The van der Waals surface area contributed by atoms with Crippen molar-refractivity contribution in [2.45, 2.75) is 26.3 Å². The van der Waals surface area contributed by atoms with Crippen LogP contribution >= 0.6 is 0 Å². The summed E-state index contributed by atoms with van der Waals surface area (Å²) in [6.07, 6.45) is 5.68. The minimum absolute atomic E-state index is 0.0345. The van der Waals surface area contributed by atoms with Crippen LogP contribution in [0.4, 0.5) is 0 Å². The highest BCUT2D eigenvalue weighted by molar-refractivity contribution is 5.92. The predicted molar refractivity (Wildman–Crippen MR) is 77.0 cm³/mol. The maximum absolute atomic E-state index is 12.5. The van der Waals surface area contributed by atoms with Crippen LogP contribution in [0.5, 0.6) is 6.08 Å². The highest BCUT2D eigenvalue weighted by Crippen LogP contribution is 2.24. The van der Waals surface area contributed by atoms with E-state index in [1.807, 2.05) is 26.0 Å². The predicted octanol–water partition coefficient (Wildman–Crippen LogP) is 2.69. The molecule has 2 heterocycles. The molecular weight excluding hydrogens is 270 g/mol. The monoisotopic (exact) mass is 289 g/mol. The summed E-state index contributed by atoms with van der Waals surface area (Å²) in [4.78, 5) is 22.2. The van der Waals surface area contributed by atoms with Gasteiger partial charge >= 0.3 is 6.08 Å². The van der Waals surface area contributed by atoms with Gasteiger partial charge in [0.2, 0.25) is 0 Å². The Labute approximate surface area is 123 Å². The topological polar surface area (TPSA) is 68.5 Å². The molecule has 21 heavy (non-hydrogen) atoms. The van der Waals surface area contributed by atoms with Crippen molar-refractivity contribution in [1.82, 2.24) is 14.9 Å². The molecule has 0 aromatic carbocycles. The van der Waals surface area contributed by atoms with Crippen LogP contribution in [0.2, 0.25) is 0 Å². The summed E-state index contributed by atoms with van der Waals surface area (Å²) < 4.78 is 10.2. The molecule has 0 N–H and O–H groups in total. The van der Waals surface area contributed by atoms with Gasteiger partial charge in [0.1, 0.15) is 6.26 Å². The molecule has 6 heteroatoms. The Balaban J connectivity index is 2.16. The summed E-state index contributed by atoms with van der Waals surface area (Å²) in [6.45, 7) is 4.30. The number of hydrogen-bond donors (Lipinski definition) is 0. The first-order valence-corrected chi connectivity index (χ1v) is 6.92. The third-order valence-corrected chi connectivity index (χ3v) is 3.24. The molecule has 0 bridgehead atoms. The molecular formula is C15H19N3O3. The molecule has 2 aromatic rings. The Kier molecular flexibility index (Phi) is 4.92. The summed E-state index contributed by atoms with van der Waals surface area (Å²) in [7, 11) is 1.76. The van der Waals surface area contributed by atoms with E-state index in [1.165, 1.54) is 6.26 Å². The molecule has 0 fully saturated rings. The van der Waals surface area contributed by atoms with Crippen LogP contribution in [0.3, 0.4) is 0 Å². The molecule has 0 radical (unpaired) electrons. The van der Waals surface area contributed by atoms with Crippen LogP contribution in [-0.4, -0.2) is 34.4 Å². The van der Waals surface area contributed by atoms with Gasteiger partial charge in [-0.1, -0.05) is 6.92 Å². The van der Waals surface area contributed by atoms with Gasteiger partial charge in [0.05, 0.1) is 12.6 Å². The smallest absolute Gasteiger partial charge is 0.394 e. The van der Waals surface area contributed by atoms with Crippen LogP contribution < -0.4 is 4.74 Å². The molecule has 0 aliphatic carbocycles. The fourth-order valence-corrected chi connectivity index (χ4v) is 2.19. The first-order valence-electron chi connectivity index (χ1n) is 6.92. The number of nitrogens with zero attached hydrogens (tertiary/aromatic N) is 3. The first-order chi connectivity index (χ1) is 10.2. The van der Waals surface area contributed by atoms with E-state index in [-0.39, 0.29) is 23.7 Å². The lowest BCUT2D eigenvalue weighted by Crippen LogP contribution is -2.31. The van der Waals surface area contributed by atoms with Gasteiger partial charge in [-0.05, 0) is 31.0 Å². The average molecular weight is 289 g/mol. The average Bonchev–Trinajstić information content (AvgIpc) is 2.97. The van der Waals surface area contributed by atoms with Crippen LogP contribution in [0.15, 0.2) is 35.2 Å². The third-order valence-electron chi connectivity index (χ3n) is 3.24. The molecule has 0 spiro atoms. The van der Waals surface area contributed by atoms with E-state index in [2.05, 4.69) is 9.97 Å². The van der Waals surface area contributed by atoms with Crippen molar-refractivity contribution in [2.75, 3.05) is 13.7 Å². The van der Waals surface area contributed by atoms with E-state index in [4.69, 9.17) is 9.15 Å². The highest BCUT2D eigenvalue weighted by Gasteiger charge is 2.24. The number of pyridine rings is 1. The Morgan fingerprint density at radius 3 is 2.71 bits per heavy atom. The molecule has 0 aliphatic rings. The molecule has 0 saturated heterocycles. The Morgan fingerprint density at radius 2 is 2.10 bits per heavy atom. The molecule has 1 atom stereocenters. The van der Waals surface area contributed by atoms with E-state index >= 15 is 0 Å². The van der Waals surface area contributed by atoms with Crippen molar-refractivity contribution in [2.24, 2.45) is 0 Å². The fourth-order valence-electron chi connectivity index (χ4n) is 2.19. The van der Waals surface area contributed by atoms with Gasteiger partial charge in [-0.15, -0.1) is 0 Å². The molecule has 2 aromatic heterocycles. The molecule has 0 saturated carbocycles. The first kappa shape index (κ1) is 15.0. The second kappa shape index (κ2) is 6.88. The van der Waals surface area contributed by atoms with Gasteiger partial charge in [0.15, 0.2) is 5.69 Å². The van der Waals surface area contributed by atoms with E-state index in [0.717, 1.165) is 12.0 Å². The molecule has 0 unspecified atom stereocenters. The number of rotatable bonds is 6. The summed E-state index contributed by atoms with van der Waals surface area (Å²) in [5, 5.41) is 0. The van der Waals surface area contributed by atoms with Gasteiger partial charge < -0.3 is 14.1 Å². The normalized spacial score (nSPS) is 12.0. The Hall–Kier alpha value is -2.37. The summed E-state index contributed by atoms with van der Waals surface area (Å²) in [5.41, 5.74) is 1.28. The van der Waals surface area contributed by atoms with Crippen molar-refractivity contribution >= 4 is 5.91 Å². The van der Waals surface area contributed by atoms with Gasteiger partial charge in [0.25, 0.3) is 5.91 Å². The highest BCUT2D eigenvalue weighted by atomic mass is 16.6. The van der Waals surface area contributed by atoms with Gasteiger partial charge in [0, 0.05) is 19.4 Å². The lowest BCUT2D eigenvalue weighted by Gasteiger charge is -2.26. The van der Waals surface area contributed by atoms with Gasteiger partial charge in [-0.3, -0.25) is 9.78 Å². The van der Waals surface area contributed by atoms with Crippen LogP contribution in [-0.2, 0) is 0 Å². The number of aromatic nitrogens is 2. The summed E-state index contributed by atoms with van der Waals surface area (Å²) in [5.74, 6) is -0.201. The third kappa shape index (κ3) is 3.39. The molecule has 1 amide bonds. The van der Waals surface area contributed by atoms with Crippen LogP contribution in [0.1, 0.15) is 42.4 Å². The second-order valence-electron chi connectivity index (χ2n) is 4.55. The zero-order chi connectivity index (χ0) is 15.2. The van der Waals surface area contributed by atoms with Gasteiger partial charge in [-0.25, -0.2) is 0 Å². The standard InChI is InChI=1S/C15H19N3O3/c1-4-13(11-6-8-16-9-7-11)18(3)14(19)12-10-21-15(17-12)20-5-2/h6-10,13H,4-5H2,1-3H3/t13-/m0/s1. The Bertz CT molecular complexity index is 583. The van der Waals surface area contributed by atoms with Crippen molar-refractivity contribution in [3.63, 3.8) is 0 Å². The van der Waals surface area contributed by atoms with Gasteiger partial charge in [-0.2, -0.15) is 4.98 Å². The summed E-state index contributed by atoms with van der Waals surface area (Å²) >= 11 is 0. The number of amides is 1. The lowest BCUT2D eigenvalue weighted by atomic mass is 10.0. The molecule has 6 nitrogen and oxygen atoms in total. The van der Waals surface area contributed by atoms with Crippen molar-refractivity contribution < 1.29 is 13.9 Å². The SMILES string of the molecule is CCOc1nc(C(=O)N(C)[C@@H](CC)c2ccncc2)co1. The van der Waals surface area contributed by atoms with Crippen molar-refractivity contribution in [3.05, 3.63) is 42.0 Å². The van der Waals surface area contributed by atoms with Crippen LogP contribution in [0.25, 0.3) is 0 Å². The minimum atomic E-state index is -0.201. The van der Waals surface area contributed by atoms with Crippen LogP contribution in [0, 0.1) is 0 Å². The largest absolute Gasteiger partial charge is 0.450 e. The molecule has 0 aliphatic heterocycles. The number of hydrogen-bond acceptors (Lipinski definition) is 5. The lowest BCUT2D eigenvalue weighted by molar-refractivity contribution is 0.0719. The maximum atomic E-state index is 12.5. The zero-order valence-corrected chi connectivity index (χ0v) is 12.4. The quantitative estimate of drug-likeness (QED) is 0.817. The Morgan fingerprint density at radius 1 is 1.38 bits per heavy atom. The van der Waals surface area contributed by atoms with Crippen molar-refractivity contribution in [3.8, 4) is 6.08 Å². The zero-order valence-electron chi connectivity index (χ0n) is 12.4. The molecule has 2 rings (SSSR count). The number of ether oxygens (including phenoxy) is 1. The van der Waals surface area contributed by atoms with E-state index in [9.17, 15) is 4.79 Å². The summed E-state index contributed by atoms with van der Waals surface area (Å²) in [6, 6.07) is 3.78. The maximum Gasteiger partial charge on any atom is 0.394 e. The number of oxazole rings is 1. The van der Waals surface area contributed by atoms with E-state index < -0.39 is 0 Å². The second-order valence-corrected chi connectivity index (χ2v) is 4.55. The minimum Gasteiger partial charge on any atom is -0.450 e. The molecule has 112 valence electrons. The van der Waals surface area contributed by atoms with Crippen molar-refractivity contribution in [1.29, 1.82) is 0 Å². The van der Waals surface area contributed by atoms with E-state index in [1.54, 1.807) is 24.3 Å².